The van der Waals surface area contributed by atoms with Crippen LogP contribution in [0.3, 0.4) is 0 Å². The van der Waals surface area contributed by atoms with Crippen molar-refractivity contribution in [2.24, 2.45) is 50.7 Å². The van der Waals surface area contributed by atoms with Crippen LogP contribution in [-0.4, -0.2) is 39.8 Å². The van der Waals surface area contributed by atoms with E-state index < -0.39 is 23.2 Å². The molecule has 5 aliphatic carbocycles. The molecule has 0 aromatic carbocycles. The van der Waals surface area contributed by atoms with Crippen LogP contribution in [-0.2, 0) is 14.3 Å². The maximum atomic E-state index is 14.5. The van der Waals surface area contributed by atoms with E-state index >= 15 is 0 Å². The zero-order valence-corrected chi connectivity index (χ0v) is 22.7. The van der Waals surface area contributed by atoms with Crippen molar-refractivity contribution in [3.8, 4) is 0 Å². The summed E-state index contributed by atoms with van der Waals surface area (Å²) < 4.78 is 6.34. The number of hydrogen-bond acceptors (Lipinski definition) is 5. The third-order valence-electron chi connectivity index (χ3n) is 13.2. The molecule has 2 bridgehead atoms. The number of aliphatic hydroxyl groups is 2. The van der Waals surface area contributed by atoms with Gasteiger partial charge in [-0.15, -0.1) is 0 Å². The lowest BCUT2D eigenvalue weighted by Crippen LogP contribution is -2.61. The molecule has 0 aromatic rings. The normalized spacial score (nSPS) is 54.7. The van der Waals surface area contributed by atoms with Gasteiger partial charge in [0.05, 0.1) is 17.1 Å². The minimum Gasteiger partial charge on any atom is -0.459 e. The number of aliphatic hydroxyl groups excluding tert-OH is 1. The van der Waals surface area contributed by atoms with Gasteiger partial charge in [-0.25, -0.2) is 0 Å². The summed E-state index contributed by atoms with van der Waals surface area (Å²) in [7, 11) is 0. The Morgan fingerprint density at radius 1 is 0.943 bits per heavy atom. The molecule has 6 fully saturated rings. The fraction of sp³-hybridized carbons (Fsp3) is 0.933. The predicted molar refractivity (Wildman–Crippen MR) is 132 cm³/mol. The van der Waals surface area contributed by atoms with Crippen molar-refractivity contribution in [1.82, 2.24) is 0 Å². The molecule has 0 aromatic heterocycles. The number of carbonyl (C=O) groups excluding carboxylic acids is 2. The Bertz CT molecular complexity index is 964. The average molecular weight is 487 g/mol. The van der Waals surface area contributed by atoms with E-state index in [0.29, 0.717) is 31.0 Å². The Hall–Kier alpha value is -0.940. The topological polar surface area (TPSA) is 83.8 Å². The van der Waals surface area contributed by atoms with E-state index in [1.165, 1.54) is 0 Å². The molecule has 0 unspecified atom stereocenters. The highest BCUT2D eigenvalue weighted by Crippen LogP contribution is 2.89. The van der Waals surface area contributed by atoms with Gasteiger partial charge >= 0.3 is 5.97 Å². The Morgan fingerprint density at radius 3 is 2.29 bits per heavy atom. The third kappa shape index (κ3) is 2.68. The molecule has 35 heavy (non-hydrogen) atoms. The van der Waals surface area contributed by atoms with E-state index in [-0.39, 0.29) is 45.4 Å². The molecule has 10 atom stereocenters. The van der Waals surface area contributed by atoms with E-state index in [0.717, 1.165) is 44.9 Å². The van der Waals surface area contributed by atoms with Crippen LogP contribution < -0.4 is 0 Å². The Kier molecular flexibility index (Phi) is 4.83. The number of esters is 1. The van der Waals surface area contributed by atoms with Gasteiger partial charge < -0.3 is 14.9 Å². The minimum atomic E-state index is -1.09. The Morgan fingerprint density at radius 2 is 1.60 bits per heavy atom. The van der Waals surface area contributed by atoms with Crippen molar-refractivity contribution < 1.29 is 24.5 Å². The number of ketones is 1. The van der Waals surface area contributed by atoms with Gasteiger partial charge in [-0.3, -0.25) is 9.59 Å². The zero-order valence-electron chi connectivity index (χ0n) is 22.7. The summed E-state index contributed by atoms with van der Waals surface area (Å²) in [5.74, 6) is 1.18. The summed E-state index contributed by atoms with van der Waals surface area (Å²) in [6.07, 6.45) is 7.68. The van der Waals surface area contributed by atoms with Crippen molar-refractivity contribution in [3.63, 3.8) is 0 Å². The van der Waals surface area contributed by atoms with Crippen LogP contribution in [0.5, 0.6) is 0 Å². The molecule has 1 heterocycles. The van der Waals surface area contributed by atoms with Crippen molar-refractivity contribution in [1.29, 1.82) is 0 Å². The second-order valence-corrected chi connectivity index (χ2v) is 15.1. The van der Waals surface area contributed by atoms with Crippen molar-refractivity contribution in [2.45, 2.75) is 124 Å². The smallest absolute Gasteiger partial charge is 0.313 e. The SMILES string of the molecule is C[C@@H]1CC[C@H](C(C)(C)O)OC(=O)[C@@]23C[C@@H](O)[C@H]1[C@@]2(C)CC[C@@]12C[C@@]14CCC(=O)C(C)(C)[C@@H]4CC[C@H]23. The van der Waals surface area contributed by atoms with Gasteiger partial charge in [-0.2, -0.15) is 0 Å². The summed E-state index contributed by atoms with van der Waals surface area (Å²) in [5.41, 5.74) is -2.15. The van der Waals surface area contributed by atoms with E-state index in [1.807, 2.05) is 0 Å². The van der Waals surface area contributed by atoms with Gasteiger partial charge in [0, 0.05) is 11.8 Å². The van der Waals surface area contributed by atoms with Gasteiger partial charge in [0.1, 0.15) is 11.9 Å². The van der Waals surface area contributed by atoms with Gasteiger partial charge in [0.25, 0.3) is 0 Å². The summed E-state index contributed by atoms with van der Waals surface area (Å²) >= 11 is 0. The van der Waals surface area contributed by atoms with Crippen LogP contribution in [0.15, 0.2) is 0 Å². The monoisotopic (exact) mass is 486 g/mol. The van der Waals surface area contributed by atoms with Crippen molar-refractivity contribution >= 4 is 11.8 Å². The van der Waals surface area contributed by atoms with E-state index in [1.54, 1.807) is 13.8 Å². The zero-order chi connectivity index (χ0) is 25.4. The first-order valence-corrected chi connectivity index (χ1v) is 14.3. The fourth-order valence-electron chi connectivity index (χ4n) is 11.7. The van der Waals surface area contributed by atoms with Crippen LogP contribution in [0.4, 0.5) is 0 Å². The highest BCUT2D eigenvalue weighted by Gasteiger charge is 2.85. The maximum absolute atomic E-state index is 14.5. The molecule has 1 saturated heterocycles. The molecular weight excluding hydrogens is 440 g/mol. The summed E-state index contributed by atoms with van der Waals surface area (Å²) in [5, 5.41) is 22.5. The van der Waals surface area contributed by atoms with Crippen molar-refractivity contribution in [2.75, 3.05) is 0 Å². The average Bonchev–Trinajstić information content (AvgIpc) is 3.35. The quantitative estimate of drug-likeness (QED) is 0.506. The number of hydrogen-bond donors (Lipinski definition) is 2. The number of ether oxygens (including phenoxy) is 1. The Balaban J connectivity index is 1.48. The first kappa shape index (κ1) is 24.4. The molecule has 6 rings (SSSR count). The molecule has 5 heteroatoms. The predicted octanol–water partition coefficient (Wildman–Crippen LogP) is 5.06. The molecule has 5 nitrogen and oxygen atoms in total. The molecule has 196 valence electrons. The van der Waals surface area contributed by atoms with Crippen LogP contribution >= 0.6 is 0 Å². The molecule has 5 saturated carbocycles. The maximum Gasteiger partial charge on any atom is 0.313 e. The van der Waals surface area contributed by atoms with Gasteiger partial charge in [0.2, 0.25) is 0 Å². The summed E-state index contributed by atoms with van der Waals surface area (Å²) in [4.78, 5) is 27.4. The van der Waals surface area contributed by atoms with Gasteiger partial charge in [-0.05, 0) is 112 Å². The van der Waals surface area contributed by atoms with Crippen LogP contribution in [0.1, 0.15) is 106 Å². The Labute approximate surface area is 210 Å². The molecule has 6 aliphatic rings. The molecular formula is C30H46O5. The number of carbonyl (C=O) groups is 2. The summed E-state index contributed by atoms with van der Waals surface area (Å²) in [6, 6.07) is 0. The summed E-state index contributed by atoms with van der Waals surface area (Å²) in [6.45, 7) is 12.4. The molecule has 2 N–H and O–H groups in total. The number of rotatable bonds is 1. The molecule has 1 aliphatic heterocycles. The van der Waals surface area contributed by atoms with Gasteiger partial charge in [-0.1, -0.05) is 27.7 Å². The minimum absolute atomic E-state index is 0.0738. The van der Waals surface area contributed by atoms with E-state index in [2.05, 4.69) is 27.7 Å². The highest BCUT2D eigenvalue weighted by atomic mass is 16.6. The second kappa shape index (κ2) is 6.92. The third-order valence-corrected chi connectivity index (χ3v) is 13.2. The van der Waals surface area contributed by atoms with E-state index in [9.17, 15) is 19.8 Å². The van der Waals surface area contributed by atoms with Crippen LogP contribution in [0, 0.1) is 50.7 Å². The van der Waals surface area contributed by atoms with Gasteiger partial charge in [0.15, 0.2) is 0 Å². The fourth-order valence-corrected chi connectivity index (χ4v) is 11.7. The highest BCUT2D eigenvalue weighted by molar-refractivity contribution is 5.86. The first-order chi connectivity index (χ1) is 16.2. The number of cyclic esters (lactones) is 1. The van der Waals surface area contributed by atoms with Crippen LogP contribution in [0.2, 0.25) is 0 Å². The number of Topliss-reactive ketones (excluding diaryl/α,β-unsaturated/α-hetero) is 1. The lowest BCUT2D eigenvalue weighted by Gasteiger charge is -2.61. The largest absolute Gasteiger partial charge is 0.459 e. The molecule has 0 amide bonds. The molecule has 0 radical (unpaired) electrons. The lowest BCUT2D eigenvalue weighted by atomic mass is 9.41. The second-order valence-electron chi connectivity index (χ2n) is 15.1. The van der Waals surface area contributed by atoms with Crippen molar-refractivity contribution in [3.05, 3.63) is 0 Å². The molecule has 2 spiro atoms. The lowest BCUT2D eigenvalue weighted by molar-refractivity contribution is -0.205. The van der Waals surface area contributed by atoms with Crippen LogP contribution in [0.25, 0.3) is 0 Å². The first-order valence-electron chi connectivity index (χ1n) is 14.3. The standard InChI is InChI=1S/C30H46O5/c1-17-7-10-22(26(4,5)34)35-24(33)30-15-18(31)23(17)27(30,6)13-14-29-16-28(29)12-11-21(32)25(2,3)19(28)8-9-20(29)30/h17-20,22-23,31,34H,7-16H2,1-6H3/t17-,18-,19+,20-,22-,23+,27-,28-,29+,30+/m1/s1. The van der Waals surface area contributed by atoms with E-state index in [4.69, 9.17) is 4.74 Å².